The van der Waals surface area contributed by atoms with Gasteiger partial charge in [-0.25, -0.2) is 12.8 Å². The van der Waals surface area contributed by atoms with E-state index in [2.05, 4.69) is 21.2 Å². The maximum absolute atomic E-state index is 13.6. The standard InChI is InChI=1S/C13H16BrFN2O2S/c14-11-4-3-10(6-12(11)15)20(18,19)17-5-1-2-9-7-16-8-13(9)17/h3-4,6,9,13,16H,1-2,5,7-8H2. The van der Waals surface area contributed by atoms with E-state index in [9.17, 15) is 12.8 Å². The van der Waals surface area contributed by atoms with Gasteiger partial charge in [-0.2, -0.15) is 4.31 Å². The zero-order chi connectivity index (χ0) is 14.3. The maximum Gasteiger partial charge on any atom is 0.243 e. The van der Waals surface area contributed by atoms with E-state index in [0.29, 0.717) is 19.0 Å². The number of nitrogens with one attached hydrogen (secondary N) is 1. The lowest BCUT2D eigenvalue weighted by Gasteiger charge is -2.35. The van der Waals surface area contributed by atoms with E-state index in [1.165, 1.54) is 12.1 Å². The van der Waals surface area contributed by atoms with Gasteiger partial charge in [0.25, 0.3) is 0 Å². The molecule has 1 N–H and O–H groups in total. The van der Waals surface area contributed by atoms with Crippen molar-refractivity contribution in [3.05, 3.63) is 28.5 Å². The second-order valence-electron chi connectivity index (χ2n) is 5.32. The van der Waals surface area contributed by atoms with Crippen molar-refractivity contribution >= 4 is 26.0 Å². The van der Waals surface area contributed by atoms with Crippen LogP contribution in [0.25, 0.3) is 0 Å². The van der Waals surface area contributed by atoms with Crippen LogP contribution in [0, 0.1) is 11.7 Å². The monoisotopic (exact) mass is 362 g/mol. The van der Waals surface area contributed by atoms with Crippen LogP contribution < -0.4 is 5.32 Å². The third-order valence-electron chi connectivity index (χ3n) is 4.13. The average Bonchev–Trinajstić information content (AvgIpc) is 2.89. The van der Waals surface area contributed by atoms with Gasteiger partial charge in [-0.1, -0.05) is 0 Å². The molecule has 0 spiro atoms. The molecule has 4 nitrogen and oxygen atoms in total. The quantitative estimate of drug-likeness (QED) is 0.874. The van der Waals surface area contributed by atoms with Gasteiger partial charge in [-0.3, -0.25) is 0 Å². The molecule has 0 aromatic heterocycles. The van der Waals surface area contributed by atoms with Gasteiger partial charge in [0.2, 0.25) is 10.0 Å². The highest BCUT2D eigenvalue weighted by Crippen LogP contribution is 2.32. The first-order valence-electron chi connectivity index (χ1n) is 6.68. The summed E-state index contributed by atoms with van der Waals surface area (Å²) >= 11 is 3.04. The molecule has 2 fully saturated rings. The number of nitrogens with zero attached hydrogens (tertiary/aromatic N) is 1. The van der Waals surface area contributed by atoms with Crippen LogP contribution in [0.2, 0.25) is 0 Å². The predicted molar refractivity (Wildman–Crippen MR) is 77.4 cm³/mol. The molecule has 1 aromatic carbocycles. The van der Waals surface area contributed by atoms with Gasteiger partial charge >= 0.3 is 0 Å². The minimum absolute atomic E-state index is 0.000424. The zero-order valence-electron chi connectivity index (χ0n) is 10.9. The maximum atomic E-state index is 13.6. The van der Waals surface area contributed by atoms with Gasteiger partial charge in [0.1, 0.15) is 5.82 Å². The number of benzene rings is 1. The zero-order valence-corrected chi connectivity index (χ0v) is 13.3. The van der Waals surface area contributed by atoms with Crippen LogP contribution in [0.1, 0.15) is 12.8 Å². The third-order valence-corrected chi connectivity index (χ3v) is 6.69. The lowest BCUT2D eigenvalue weighted by molar-refractivity contribution is 0.217. The van der Waals surface area contributed by atoms with Gasteiger partial charge in [-0.15, -0.1) is 0 Å². The van der Waals surface area contributed by atoms with E-state index in [0.717, 1.165) is 25.5 Å². The van der Waals surface area contributed by atoms with Crippen molar-refractivity contribution in [2.75, 3.05) is 19.6 Å². The van der Waals surface area contributed by atoms with E-state index in [1.54, 1.807) is 4.31 Å². The molecule has 2 heterocycles. The first kappa shape index (κ1) is 14.4. The molecule has 2 saturated heterocycles. The van der Waals surface area contributed by atoms with E-state index in [-0.39, 0.29) is 15.4 Å². The Morgan fingerprint density at radius 2 is 2.15 bits per heavy atom. The number of hydrogen-bond donors (Lipinski definition) is 1. The average molecular weight is 363 g/mol. The third kappa shape index (κ3) is 2.41. The molecule has 0 radical (unpaired) electrons. The van der Waals surface area contributed by atoms with E-state index in [4.69, 9.17) is 0 Å². The van der Waals surface area contributed by atoms with Gasteiger partial charge in [0, 0.05) is 19.1 Å². The summed E-state index contributed by atoms with van der Waals surface area (Å²) in [4.78, 5) is 0.0331. The van der Waals surface area contributed by atoms with Crippen LogP contribution in [0.3, 0.4) is 0 Å². The number of rotatable bonds is 2. The molecular formula is C13H16BrFN2O2S. The number of sulfonamides is 1. The minimum Gasteiger partial charge on any atom is -0.315 e. The van der Waals surface area contributed by atoms with Crippen LogP contribution in [0.4, 0.5) is 4.39 Å². The van der Waals surface area contributed by atoms with Crippen molar-refractivity contribution in [3.8, 4) is 0 Å². The fourth-order valence-corrected chi connectivity index (χ4v) is 5.08. The summed E-state index contributed by atoms with van der Waals surface area (Å²) < 4.78 is 40.8. The first-order chi connectivity index (χ1) is 9.50. The molecule has 1 aromatic rings. The molecule has 2 aliphatic heterocycles. The van der Waals surface area contributed by atoms with Gasteiger partial charge in [0.05, 0.1) is 9.37 Å². The number of piperidine rings is 1. The Labute approximate surface area is 126 Å². The summed E-state index contributed by atoms with van der Waals surface area (Å²) in [7, 11) is -3.62. The largest absolute Gasteiger partial charge is 0.315 e. The highest BCUT2D eigenvalue weighted by molar-refractivity contribution is 9.10. The second-order valence-corrected chi connectivity index (χ2v) is 8.06. The van der Waals surface area contributed by atoms with Gasteiger partial charge < -0.3 is 5.32 Å². The van der Waals surface area contributed by atoms with E-state index < -0.39 is 15.8 Å². The van der Waals surface area contributed by atoms with E-state index >= 15 is 0 Å². The molecule has 0 bridgehead atoms. The van der Waals surface area contributed by atoms with Crippen molar-refractivity contribution in [1.82, 2.24) is 9.62 Å². The fraction of sp³-hybridized carbons (Fsp3) is 0.538. The molecule has 2 aliphatic rings. The van der Waals surface area contributed by atoms with Crippen molar-refractivity contribution in [2.45, 2.75) is 23.8 Å². The van der Waals surface area contributed by atoms with Crippen LogP contribution in [0.5, 0.6) is 0 Å². The molecular weight excluding hydrogens is 347 g/mol. The highest BCUT2D eigenvalue weighted by atomic mass is 79.9. The van der Waals surface area contributed by atoms with Crippen LogP contribution in [0.15, 0.2) is 27.6 Å². The lowest BCUT2D eigenvalue weighted by Crippen LogP contribution is -2.48. The van der Waals surface area contributed by atoms with Gasteiger partial charge in [0.15, 0.2) is 0 Å². The topological polar surface area (TPSA) is 49.4 Å². The molecule has 20 heavy (non-hydrogen) atoms. The Hall–Kier alpha value is -0.500. The first-order valence-corrected chi connectivity index (χ1v) is 8.91. The normalized spacial score (nSPS) is 27.5. The molecule has 3 rings (SSSR count). The Bertz CT molecular complexity index is 623. The summed E-state index contributed by atoms with van der Waals surface area (Å²) in [6.45, 7) is 2.07. The lowest BCUT2D eigenvalue weighted by atomic mass is 9.94. The Kier molecular flexibility index (Phi) is 3.87. The van der Waals surface area contributed by atoms with Crippen molar-refractivity contribution < 1.29 is 12.8 Å². The van der Waals surface area contributed by atoms with Crippen molar-refractivity contribution in [3.63, 3.8) is 0 Å². The number of hydrogen-bond acceptors (Lipinski definition) is 3. The molecule has 2 unspecified atom stereocenters. The SMILES string of the molecule is O=S(=O)(c1ccc(Br)c(F)c1)N1CCCC2CNCC21. The van der Waals surface area contributed by atoms with Gasteiger partial charge in [-0.05, 0) is 59.4 Å². The summed E-state index contributed by atoms with van der Waals surface area (Å²) in [5.74, 6) is -0.178. The molecule has 0 amide bonds. The Balaban J connectivity index is 1.96. The number of fused-ring (bicyclic) bond motifs is 1. The minimum atomic E-state index is -3.62. The highest BCUT2D eigenvalue weighted by Gasteiger charge is 2.41. The second kappa shape index (κ2) is 5.36. The molecule has 110 valence electrons. The predicted octanol–water partition coefficient (Wildman–Crippen LogP) is 1.96. The van der Waals surface area contributed by atoms with Crippen LogP contribution in [-0.4, -0.2) is 38.4 Å². The summed E-state index contributed by atoms with van der Waals surface area (Å²) in [5.41, 5.74) is 0. The summed E-state index contributed by atoms with van der Waals surface area (Å²) in [6, 6.07) is 3.98. The molecule has 0 aliphatic carbocycles. The van der Waals surface area contributed by atoms with Crippen LogP contribution >= 0.6 is 15.9 Å². The van der Waals surface area contributed by atoms with Crippen LogP contribution in [-0.2, 0) is 10.0 Å². The van der Waals surface area contributed by atoms with E-state index in [1.807, 2.05) is 0 Å². The molecule has 7 heteroatoms. The smallest absolute Gasteiger partial charge is 0.243 e. The Morgan fingerprint density at radius 3 is 2.90 bits per heavy atom. The van der Waals surface area contributed by atoms with Crippen molar-refractivity contribution in [2.24, 2.45) is 5.92 Å². The summed E-state index contributed by atoms with van der Waals surface area (Å²) in [5, 5.41) is 3.25. The fourth-order valence-electron chi connectivity index (χ4n) is 3.10. The number of halogens is 2. The summed E-state index contributed by atoms with van der Waals surface area (Å²) in [6.07, 6.45) is 1.92. The molecule has 0 saturated carbocycles. The van der Waals surface area contributed by atoms with Crippen molar-refractivity contribution in [1.29, 1.82) is 0 Å². The molecule has 2 atom stereocenters. The Morgan fingerprint density at radius 1 is 1.35 bits per heavy atom.